The highest BCUT2D eigenvalue weighted by molar-refractivity contribution is 5.51. The monoisotopic (exact) mass is 276 g/mol. The van der Waals surface area contributed by atoms with Gasteiger partial charge in [-0.3, -0.25) is 10.1 Å². The van der Waals surface area contributed by atoms with Crippen molar-refractivity contribution in [2.24, 2.45) is 0 Å². The lowest BCUT2D eigenvalue weighted by atomic mass is 10.1. The molecule has 6 heteroatoms. The van der Waals surface area contributed by atoms with Gasteiger partial charge in [0.2, 0.25) is 0 Å². The Hall–Kier alpha value is -2.63. The highest BCUT2D eigenvalue weighted by atomic mass is 19.1. The Balaban J connectivity index is 2.16. The molecule has 0 aliphatic carbocycles. The van der Waals surface area contributed by atoms with Crippen molar-refractivity contribution in [3.8, 4) is 5.75 Å². The van der Waals surface area contributed by atoms with Crippen LogP contribution in [0.4, 0.5) is 15.8 Å². The van der Waals surface area contributed by atoms with Crippen LogP contribution in [0.5, 0.6) is 5.75 Å². The number of aromatic hydroxyl groups is 1. The van der Waals surface area contributed by atoms with E-state index in [4.69, 9.17) is 0 Å². The Morgan fingerprint density at radius 1 is 1.25 bits per heavy atom. The number of rotatable bonds is 4. The summed E-state index contributed by atoms with van der Waals surface area (Å²) in [7, 11) is 0. The number of hydrogen-bond acceptors (Lipinski definition) is 4. The minimum Gasteiger partial charge on any atom is -0.508 e. The Bertz CT molecular complexity index is 629. The highest BCUT2D eigenvalue weighted by Crippen LogP contribution is 2.28. The molecule has 1 unspecified atom stereocenters. The van der Waals surface area contributed by atoms with Crippen molar-refractivity contribution in [2.45, 2.75) is 13.0 Å². The van der Waals surface area contributed by atoms with E-state index in [0.29, 0.717) is 11.3 Å². The minimum absolute atomic E-state index is 0.00296. The topological polar surface area (TPSA) is 75.4 Å². The molecule has 5 nitrogen and oxygen atoms in total. The molecule has 2 aromatic rings. The second-order valence-corrected chi connectivity index (χ2v) is 4.37. The predicted molar refractivity (Wildman–Crippen MR) is 73.2 cm³/mol. The van der Waals surface area contributed by atoms with Crippen molar-refractivity contribution in [3.05, 3.63) is 64.0 Å². The minimum atomic E-state index is -0.481. The maximum atomic E-state index is 13.2. The van der Waals surface area contributed by atoms with Gasteiger partial charge in [0.05, 0.1) is 11.0 Å². The van der Waals surface area contributed by atoms with E-state index in [-0.39, 0.29) is 17.5 Å². The number of anilines is 1. The Kier molecular flexibility index (Phi) is 3.84. The van der Waals surface area contributed by atoms with Gasteiger partial charge < -0.3 is 10.4 Å². The van der Waals surface area contributed by atoms with Gasteiger partial charge in [-0.1, -0.05) is 0 Å². The second-order valence-electron chi connectivity index (χ2n) is 4.37. The van der Waals surface area contributed by atoms with Crippen LogP contribution in [0.25, 0.3) is 0 Å². The van der Waals surface area contributed by atoms with Crippen LogP contribution in [0.2, 0.25) is 0 Å². The molecule has 0 aliphatic heterocycles. The van der Waals surface area contributed by atoms with E-state index in [1.165, 1.54) is 30.3 Å². The molecule has 0 heterocycles. The molecule has 0 fully saturated rings. The summed E-state index contributed by atoms with van der Waals surface area (Å²) in [5.41, 5.74) is 1.06. The molecule has 2 rings (SSSR count). The van der Waals surface area contributed by atoms with Crippen molar-refractivity contribution in [1.82, 2.24) is 0 Å². The van der Waals surface area contributed by atoms with E-state index in [2.05, 4.69) is 5.32 Å². The molecule has 2 aromatic carbocycles. The maximum absolute atomic E-state index is 13.2. The van der Waals surface area contributed by atoms with Crippen molar-refractivity contribution in [3.63, 3.8) is 0 Å². The Morgan fingerprint density at radius 3 is 2.50 bits per heavy atom. The number of nitro groups is 1. The van der Waals surface area contributed by atoms with Crippen molar-refractivity contribution in [2.75, 3.05) is 5.32 Å². The molecule has 0 amide bonds. The molecule has 1 atom stereocenters. The van der Waals surface area contributed by atoms with Gasteiger partial charge in [-0.25, -0.2) is 4.39 Å². The number of phenolic OH excluding ortho intramolecular Hbond substituents is 1. The molecule has 20 heavy (non-hydrogen) atoms. The van der Waals surface area contributed by atoms with Crippen molar-refractivity contribution >= 4 is 11.4 Å². The number of hydrogen-bond donors (Lipinski definition) is 2. The molecule has 0 aromatic heterocycles. The van der Waals surface area contributed by atoms with Crippen LogP contribution in [0.1, 0.15) is 18.5 Å². The standard InChI is InChI=1S/C14H13FN2O3/c1-9(13-8-10(15)2-7-14(13)18)16-11-3-5-12(6-4-11)17(19)20/h2-9,16,18H,1H3. The number of nitrogens with one attached hydrogen (secondary N) is 1. The zero-order valence-electron chi connectivity index (χ0n) is 10.7. The first-order valence-electron chi connectivity index (χ1n) is 5.97. The van der Waals surface area contributed by atoms with Crippen LogP contribution in [-0.4, -0.2) is 10.0 Å². The fourth-order valence-electron chi connectivity index (χ4n) is 1.88. The predicted octanol–water partition coefficient (Wildman–Crippen LogP) is 3.61. The van der Waals surface area contributed by atoms with Gasteiger partial charge in [0.25, 0.3) is 5.69 Å². The summed E-state index contributed by atoms with van der Waals surface area (Å²) in [6.07, 6.45) is 0. The number of nitrogens with zero attached hydrogens (tertiary/aromatic N) is 1. The Labute approximate surface area is 114 Å². The van der Waals surface area contributed by atoms with Crippen LogP contribution in [0, 0.1) is 15.9 Å². The Morgan fingerprint density at radius 2 is 1.90 bits per heavy atom. The first-order chi connectivity index (χ1) is 9.47. The lowest BCUT2D eigenvalue weighted by Gasteiger charge is -2.16. The molecular weight excluding hydrogens is 263 g/mol. The van der Waals surface area contributed by atoms with E-state index in [0.717, 1.165) is 0 Å². The number of nitro benzene ring substituents is 1. The summed E-state index contributed by atoms with van der Waals surface area (Å²) in [5, 5.41) is 23.3. The molecule has 0 aliphatic rings. The van der Waals surface area contributed by atoms with E-state index < -0.39 is 10.7 Å². The fraction of sp³-hybridized carbons (Fsp3) is 0.143. The maximum Gasteiger partial charge on any atom is 0.269 e. The lowest BCUT2D eigenvalue weighted by molar-refractivity contribution is -0.384. The molecule has 0 saturated carbocycles. The second kappa shape index (κ2) is 5.56. The van der Waals surface area contributed by atoms with E-state index in [1.807, 2.05) is 0 Å². The number of non-ortho nitro benzene ring substituents is 1. The van der Waals surface area contributed by atoms with Crippen LogP contribution < -0.4 is 5.32 Å². The summed E-state index contributed by atoms with van der Waals surface area (Å²) in [4.78, 5) is 10.1. The summed E-state index contributed by atoms with van der Waals surface area (Å²) < 4.78 is 13.2. The fourth-order valence-corrected chi connectivity index (χ4v) is 1.88. The van der Waals surface area contributed by atoms with Gasteiger partial charge in [-0.15, -0.1) is 0 Å². The molecule has 0 spiro atoms. The third-order valence-electron chi connectivity index (χ3n) is 2.92. The highest BCUT2D eigenvalue weighted by Gasteiger charge is 2.12. The van der Waals surface area contributed by atoms with Gasteiger partial charge in [-0.05, 0) is 37.3 Å². The number of phenols is 1. The summed E-state index contributed by atoms with van der Waals surface area (Å²) in [6.45, 7) is 1.76. The van der Waals surface area contributed by atoms with Gasteiger partial charge in [0.1, 0.15) is 11.6 Å². The average molecular weight is 276 g/mol. The molecule has 104 valence electrons. The normalized spacial score (nSPS) is 11.9. The van der Waals surface area contributed by atoms with Crippen LogP contribution in [0.15, 0.2) is 42.5 Å². The van der Waals surface area contributed by atoms with Crippen LogP contribution >= 0.6 is 0 Å². The molecule has 0 saturated heterocycles. The van der Waals surface area contributed by atoms with Gasteiger partial charge in [-0.2, -0.15) is 0 Å². The van der Waals surface area contributed by atoms with Gasteiger partial charge >= 0.3 is 0 Å². The van der Waals surface area contributed by atoms with Crippen molar-refractivity contribution in [1.29, 1.82) is 0 Å². The lowest BCUT2D eigenvalue weighted by Crippen LogP contribution is -2.07. The summed E-state index contributed by atoms with van der Waals surface area (Å²) in [5.74, 6) is -0.441. The first kappa shape index (κ1) is 13.8. The quantitative estimate of drug-likeness (QED) is 0.660. The molecular formula is C14H13FN2O3. The van der Waals surface area contributed by atoms with E-state index in [9.17, 15) is 19.6 Å². The van der Waals surface area contributed by atoms with Gasteiger partial charge in [0, 0.05) is 23.4 Å². The number of halogens is 1. The van der Waals surface area contributed by atoms with Gasteiger partial charge in [0.15, 0.2) is 0 Å². The van der Waals surface area contributed by atoms with Crippen molar-refractivity contribution < 1.29 is 14.4 Å². The summed E-state index contributed by atoms with van der Waals surface area (Å²) in [6, 6.07) is 9.25. The average Bonchev–Trinajstić information content (AvgIpc) is 2.42. The van der Waals surface area contributed by atoms with Crippen LogP contribution in [0.3, 0.4) is 0 Å². The zero-order valence-corrected chi connectivity index (χ0v) is 10.7. The summed E-state index contributed by atoms with van der Waals surface area (Å²) >= 11 is 0. The zero-order chi connectivity index (χ0) is 14.7. The molecule has 0 bridgehead atoms. The first-order valence-corrected chi connectivity index (χ1v) is 5.97. The molecule has 0 radical (unpaired) electrons. The number of benzene rings is 2. The van der Waals surface area contributed by atoms with E-state index in [1.54, 1.807) is 19.1 Å². The smallest absolute Gasteiger partial charge is 0.269 e. The third-order valence-corrected chi connectivity index (χ3v) is 2.92. The largest absolute Gasteiger partial charge is 0.508 e. The molecule has 2 N–H and O–H groups in total. The SMILES string of the molecule is CC(Nc1ccc([N+](=O)[O-])cc1)c1cc(F)ccc1O. The third kappa shape index (κ3) is 3.03. The van der Waals surface area contributed by atoms with E-state index >= 15 is 0 Å². The van der Waals surface area contributed by atoms with Crippen LogP contribution in [-0.2, 0) is 0 Å².